The summed E-state index contributed by atoms with van der Waals surface area (Å²) in [7, 11) is 0. The third-order valence-electron chi connectivity index (χ3n) is 3.19. The van der Waals surface area contributed by atoms with Crippen LogP contribution in [-0.4, -0.2) is 5.91 Å². The van der Waals surface area contributed by atoms with Crippen LogP contribution in [0.3, 0.4) is 0 Å². The summed E-state index contributed by atoms with van der Waals surface area (Å²) in [4.78, 5) is 11.7. The summed E-state index contributed by atoms with van der Waals surface area (Å²) in [5.74, 6) is -1.54. The lowest BCUT2D eigenvalue weighted by Gasteiger charge is -2.19. The number of rotatable bonds is 4. The number of aryl methyl sites for hydroxylation is 2. The van der Waals surface area contributed by atoms with Crippen molar-refractivity contribution in [2.45, 2.75) is 19.9 Å². The monoisotopic (exact) mass is 290 g/mol. The number of hydrogen-bond donors (Lipinski definition) is 2. The van der Waals surface area contributed by atoms with Crippen LogP contribution in [0, 0.1) is 25.5 Å². The minimum Gasteiger partial charge on any atom is -0.370 e. The third-order valence-corrected chi connectivity index (χ3v) is 3.19. The molecule has 0 aliphatic carbocycles. The molecular formula is C16H16F2N2O. The molecule has 0 saturated carbocycles. The van der Waals surface area contributed by atoms with Gasteiger partial charge >= 0.3 is 0 Å². The first-order valence-corrected chi connectivity index (χ1v) is 6.46. The van der Waals surface area contributed by atoms with Crippen LogP contribution in [0.1, 0.15) is 22.7 Å². The average Bonchev–Trinajstić information content (AvgIpc) is 2.37. The Morgan fingerprint density at radius 2 is 1.81 bits per heavy atom. The number of benzene rings is 2. The van der Waals surface area contributed by atoms with Gasteiger partial charge in [-0.3, -0.25) is 4.79 Å². The van der Waals surface area contributed by atoms with Gasteiger partial charge in [0, 0.05) is 5.69 Å². The van der Waals surface area contributed by atoms with E-state index in [2.05, 4.69) is 5.32 Å². The second-order valence-corrected chi connectivity index (χ2v) is 5.00. The summed E-state index contributed by atoms with van der Waals surface area (Å²) in [6.07, 6.45) is 0. The molecule has 0 fully saturated rings. The number of anilines is 1. The van der Waals surface area contributed by atoms with Crippen molar-refractivity contribution in [3.8, 4) is 0 Å². The van der Waals surface area contributed by atoms with Crippen LogP contribution in [0.15, 0.2) is 36.4 Å². The van der Waals surface area contributed by atoms with E-state index in [-0.39, 0.29) is 0 Å². The van der Waals surface area contributed by atoms with Crippen molar-refractivity contribution in [3.63, 3.8) is 0 Å². The van der Waals surface area contributed by atoms with Gasteiger partial charge in [-0.05, 0) is 60.9 Å². The fourth-order valence-electron chi connectivity index (χ4n) is 2.21. The summed E-state index contributed by atoms with van der Waals surface area (Å²) < 4.78 is 26.8. The van der Waals surface area contributed by atoms with Crippen molar-refractivity contribution in [1.29, 1.82) is 0 Å². The normalized spacial score (nSPS) is 12.0. The molecule has 2 aromatic rings. The Kier molecular flexibility index (Phi) is 4.21. The first-order valence-electron chi connectivity index (χ1n) is 6.46. The van der Waals surface area contributed by atoms with E-state index in [0.29, 0.717) is 16.8 Å². The Balaban J connectivity index is 2.40. The molecule has 110 valence electrons. The smallest absolute Gasteiger partial charge is 0.244 e. The molecule has 21 heavy (non-hydrogen) atoms. The van der Waals surface area contributed by atoms with E-state index >= 15 is 0 Å². The lowest BCUT2D eigenvalue weighted by molar-refractivity contribution is -0.118. The molecule has 0 radical (unpaired) electrons. The van der Waals surface area contributed by atoms with Gasteiger partial charge < -0.3 is 11.1 Å². The molecule has 0 aliphatic rings. The molecule has 1 unspecified atom stereocenters. The van der Waals surface area contributed by atoms with E-state index in [1.807, 2.05) is 0 Å². The molecule has 3 nitrogen and oxygen atoms in total. The molecule has 1 atom stereocenters. The Hall–Kier alpha value is -2.43. The van der Waals surface area contributed by atoms with Crippen molar-refractivity contribution in [2.24, 2.45) is 5.73 Å². The number of primary amides is 1. The minimum absolute atomic E-state index is 0.417. The molecule has 0 heterocycles. The van der Waals surface area contributed by atoms with E-state index in [4.69, 9.17) is 5.73 Å². The zero-order valence-electron chi connectivity index (χ0n) is 11.8. The van der Waals surface area contributed by atoms with Crippen LogP contribution in [0.5, 0.6) is 0 Å². The van der Waals surface area contributed by atoms with Gasteiger partial charge in [0.15, 0.2) is 0 Å². The number of hydrogen-bond acceptors (Lipinski definition) is 2. The molecule has 3 N–H and O–H groups in total. The highest BCUT2D eigenvalue weighted by molar-refractivity contribution is 5.85. The fourth-order valence-corrected chi connectivity index (χ4v) is 2.21. The summed E-state index contributed by atoms with van der Waals surface area (Å²) in [5.41, 5.74) is 7.67. The van der Waals surface area contributed by atoms with Crippen molar-refractivity contribution in [2.75, 3.05) is 5.32 Å². The van der Waals surface area contributed by atoms with Gasteiger partial charge in [-0.25, -0.2) is 8.78 Å². The van der Waals surface area contributed by atoms with Crippen LogP contribution >= 0.6 is 0 Å². The molecular weight excluding hydrogens is 274 g/mol. The summed E-state index contributed by atoms with van der Waals surface area (Å²) in [6, 6.07) is 7.52. The Morgan fingerprint density at radius 1 is 1.10 bits per heavy atom. The number of halogens is 2. The van der Waals surface area contributed by atoms with Crippen LogP contribution < -0.4 is 11.1 Å². The number of amides is 1. The number of carbonyl (C=O) groups excluding carboxylic acids is 1. The lowest BCUT2D eigenvalue weighted by atomic mass is 10.00. The first kappa shape index (κ1) is 15.0. The Morgan fingerprint density at radius 3 is 2.43 bits per heavy atom. The molecule has 0 bridgehead atoms. The SMILES string of the molecule is Cc1cc(F)cc(NC(C(N)=O)c2cc(F)ccc2C)c1. The predicted molar refractivity (Wildman–Crippen MR) is 77.8 cm³/mol. The predicted octanol–water partition coefficient (Wildman–Crippen LogP) is 3.22. The second-order valence-electron chi connectivity index (χ2n) is 5.00. The quantitative estimate of drug-likeness (QED) is 0.908. The van der Waals surface area contributed by atoms with Gasteiger partial charge in [0.05, 0.1) is 0 Å². The molecule has 2 aromatic carbocycles. The molecule has 0 saturated heterocycles. The molecule has 0 aromatic heterocycles. The van der Waals surface area contributed by atoms with Gasteiger partial charge in [-0.1, -0.05) is 6.07 Å². The van der Waals surface area contributed by atoms with E-state index < -0.39 is 23.6 Å². The zero-order valence-corrected chi connectivity index (χ0v) is 11.8. The maximum Gasteiger partial charge on any atom is 0.244 e. The fraction of sp³-hybridized carbons (Fsp3) is 0.188. The van der Waals surface area contributed by atoms with Crippen molar-refractivity contribution < 1.29 is 13.6 Å². The second kappa shape index (κ2) is 5.91. The van der Waals surface area contributed by atoms with Gasteiger partial charge in [0.2, 0.25) is 5.91 Å². The maximum atomic E-state index is 13.4. The Bertz CT molecular complexity index is 666. The summed E-state index contributed by atoms with van der Waals surface area (Å²) >= 11 is 0. The van der Waals surface area contributed by atoms with Crippen LogP contribution in [0.2, 0.25) is 0 Å². The highest BCUT2D eigenvalue weighted by Crippen LogP contribution is 2.24. The largest absolute Gasteiger partial charge is 0.370 e. The molecule has 5 heteroatoms. The maximum absolute atomic E-state index is 13.4. The molecule has 1 amide bonds. The van der Waals surface area contributed by atoms with Crippen molar-refractivity contribution in [1.82, 2.24) is 0 Å². The first-order chi connectivity index (χ1) is 9.86. The van der Waals surface area contributed by atoms with Gasteiger partial charge in [-0.15, -0.1) is 0 Å². The zero-order chi connectivity index (χ0) is 15.6. The summed E-state index contributed by atoms with van der Waals surface area (Å²) in [5, 5.41) is 2.86. The highest BCUT2D eigenvalue weighted by Gasteiger charge is 2.20. The lowest BCUT2D eigenvalue weighted by Crippen LogP contribution is -2.28. The molecule has 2 rings (SSSR count). The van der Waals surface area contributed by atoms with E-state index in [0.717, 1.165) is 5.56 Å². The van der Waals surface area contributed by atoms with E-state index in [1.165, 1.54) is 24.3 Å². The highest BCUT2D eigenvalue weighted by atomic mass is 19.1. The molecule has 0 spiro atoms. The van der Waals surface area contributed by atoms with Gasteiger partial charge in [0.1, 0.15) is 17.7 Å². The number of nitrogens with one attached hydrogen (secondary N) is 1. The van der Waals surface area contributed by atoms with Gasteiger partial charge in [0.25, 0.3) is 0 Å². The van der Waals surface area contributed by atoms with E-state index in [1.54, 1.807) is 26.0 Å². The molecule has 0 aliphatic heterocycles. The van der Waals surface area contributed by atoms with Gasteiger partial charge in [-0.2, -0.15) is 0 Å². The van der Waals surface area contributed by atoms with E-state index in [9.17, 15) is 13.6 Å². The average molecular weight is 290 g/mol. The topological polar surface area (TPSA) is 55.1 Å². The third kappa shape index (κ3) is 3.56. The minimum atomic E-state index is -0.929. The van der Waals surface area contributed by atoms with Crippen molar-refractivity contribution >= 4 is 11.6 Å². The summed E-state index contributed by atoms with van der Waals surface area (Å²) in [6.45, 7) is 3.49. The Labute approximate surface area is 121 Å². The number of nitrogens with two attached hydrogens (primary N) is 1. The standard InChI is InChI=1S/C16H16F2N2O/c1-9-5-12(18)7-13(6-9)20-15(16(19)21)14-8-11(17)4-3-10(14)2/h3-8,15,20H,1-2H3,(H2,19,21). The van der Waals surface area contributed by atoms with Crippen molar-refractivity contribution in [3.05, 3.63) is 64.7 Å². The van der Waals surface area contributed by atoms with Crippen LogP contribution in [0.25, 0.3) is 0 Å². The van der Waals surface area contributed by atoms with Crippen LogP contribution in [0.4, 0.5) is 14.5 Å². The van der Waals surface area contributed by atoms with Crippen LogP contribution in [-0.2, 0) is 4.79 Å². The number of carbonyl (C=O) groups is 1.